The van der Waals surface area contributed by atoms with Crippen molar-refractivity contribution < 1.29 is 17.9 Å². The number of piperidine rings is 1. The molecule has 2 aliphatic heterocycles. The maximum Gasteiger partial charge on any atom is 0.244 e. The number of nitrogens with zero attached hydrogens (tertiary/aromatic N) is 3. The normalized spacial score (nSPS) is 40.1. The molecule has 35 heavy (non-hydrogen) atoms. The number of rotatable bonds is 6. The highest BCUT2D eigenvalue weighted by atomic mass is 32.2. The van der Waals surface area contributed by atoms with Crippen LogP contribution in [-0.2, 0) is 19.6 Å². The van der Waals surface area contributed by atoms with E-state index in [1.807, 2.05) is 0 Å². The molecule has 1 amide bonds. The van der Waals surface area contributed by atoms with Crippen LogP contribution in [0.3, 0.4) is 0 Å². The number of nitrogens with one attached hydrogen (secondary N) is 1. The van der Waals surface area contributed by atoms with Crippen molar-refractivity contribution in [2.75, 3.05) is 44.3 Å². The zero-order valence-electron chi connectivity index (χ0n) is 20.3. The molecule has 4 aliphatic carbocycles. The van der Waals surface area contributed by atoms with Gasteiger partial charge in [-0.15, -0.1) is 0 Å². The average Bonchev–Trinajstić information content (AvgIpc) is 3.41. The average molecular weight is 501 g/mol. The first-order chi connectivity index (χ1) is 16.9. The van der Waals surface area contributed by atoms with Crippen LogP contribution in [-0.4, -0.2) is 69.0 Å². The molecule has 4 saturated carbocycles. The zero-order valence-corrected chi connectivity index (χ0v) is 21.1. The topological polar surface area (TPSA) is 91.8 Å². The van der Waals surface area contributed by atoms with E-state index in [9.17, 15) is 13.2 Å². The lowest BCUT2D eigenvalue weighted by Crippen LogP contribution is -2.73. The summed E-state index contributed by atoms with van der Waals surface area (Å²) in [5.74, 6) is 3.37. The lowest BCUT2D eigenvalue weighted by Gasteiger charge is -2.73. The molecule has 0 radical (unpaired) electrons. The van der Waals surface area contributed by atoms with Gasteiger partial charge in [-0.1, -0.05) is 6.42 Å². The molecule has 6 atom stereocenters. The number of carbonyl (C=O) groups is 1. The summed E-state index contributed by atoms with van der Waals surface area (Å²) in [6, 6.07) is 3.28. The third-order valence-electron chi connectivity index (χ3n) is 10.6. The van der Waals surface area contributed by atoms with Gasteiger partial charge >= 0.3 is 0 Å². The van der Waals surface area contributed by atoms with Gasteiger partial charge in [0.1, 0.15) is 10.7 Å². The number of sulfonamides is 1. The van der Waals surface area contributed by atoms with Crippen LogP contribution in [0.5, 0.6) is 0 Å². The molecule has 190 valence electrons. The SMILES string of the molecule is O=C(NCC1CCCCN1S(=O)(=O)c1ccc(N2CCOCC2)nc1)C12CC3CC4C[C@H](C1)C32C4. The Morgan fingerprint density at radius 1 is 1.09 bits per heavy atom. The summed E-state index contributed by atoms with van der Waals surface area (Å²) in [7, 11) is -3.67. The van der Waals surface area contributed by atoms with E-state index in [2.05, 4.69) is 15.2 Å². The molecule has 1 spiro atoms. The van der Waals surface area contributed by atoms with Crippen LogP contribution in [0.25, 0.3) is 0 Å². The molecular weight excluding hydrogens is 464 g/mol. The summed E-state index contributed by atoms with van der Waals surface area (Å²) in [5.41, 5.74) is 0.152. The molecule has 7 rings (SSSR count). The number of hydrogen-bond donors (Lipinski definition) is 1. The highest BCUT2D eigenvalue weighted by Crippen LogP contribution is 2.86. The highest BCUT2D eigenvalue weighted by Gasteiger charge is 2.83. The van der Waals surface area contributed by atoms with Crippen LogP contribution in [0.1, 0.15) is 51.4 Å². The number of pyridine rings is 1. The minimum atomic E-state index is -3.67. The molecule has 6 aliphatic rings. The maximum absolute atomic E-state index is 13.6. The summed E-state index contributed by atoms with van der Waals surface area (Å²) in [6.07, 6.45) is 10.1. The molecule has 3 heterocycles. The number of carbonyl (C=O) groups excluding carboxylic acids is 1. The van der Waals surface area contributed by atoms with E-state index < -0.39 is 10.0 Å². The summed E-state index contributed by atoms with van der Waals surface area (Å²) < 4.78 is 34.2. The number of amides is 1. The quantitative estimate of drug-likeness (QED) is 0.645. The van der Waals surface area contributed by atoms with Crippen LogP contribution in [0, 0.1) is 28.6 Å². The van der Waals surface area contributed by atoms with Gasteiger partial charge in [0.05, 0.1) is 18.6 Å². The Morgan fingerprint density at radius 2 is 1.86 bits per heavy atom. The number of hydrogen-bond acceptors (Lipinski definition) is 6. The lowest BCUT2D eigenvalue weighted by atomic mass is 9.30. The van der Waals surface area contributed by atoms with Crippen molar-refractivity contribution in [2.24, 2.45) is 28.6 Å². The third-order valence-corrected chi connectivity index (χ3v) is 12.5. The predicted molar refractivity (Wildman–Crippen MR) is 130 cm³/mol. The van der Waals surface area contributed by atoms with Crippen molar-refractivity contribution in [3.05, 3.63) is 18.3 Å². The first kappa shape index (κ1) is 22.5. The van der Waals surface area contributed by atoms with E-state index >= 15 is 0 Å². The Kier molecular flexibility index (Phi) is 5.07. The minimum Gasteiger partial charge on any atom is -0.378 e. The predicted octanol–water partition coefficient (Wildman–Crippen LogP) is 2.40. The van der Waals surface area contributed by atoms with Crippen molar-refractivity contribution in [3.8, 4) is 0 Å². The van der Waals surface area contributed by atoms with Gasteiger partial charge in [-0.3, -0.25) is 4.79 Å². The van der Waals surface area contributed by atoms with Gasteiger partial charge in [0.25, 0.3) is 0 Å². The summed E-state index contributed by atoms with van der Waals surface area (Å²) >= 11 is 0. The molecule has 0 aromatic carbocycles. The second kappa shape index (κ2) is 7.89. The Labute approximate surface area is 207 Å². The fourth-order valence-corrected chi connectivity index (χ4v) is 10.7. The Bertz CT molecular complexity index is 1100. The van der Waals surface area contributed by atoms with E-state index in [-0.39, 0.29) is 22.3 Å². The van der Waals surface area contributed by atoms with Crippen molar-refractivity contribution in [1.82, 2.24) is 14.6 Å². The van der Waals surface area contributed by atoms with Gasteiger partial charge in [0, 0.05) is 38.4 Å². The Hall–Kier alpha value is -1.71. The third kappa shape index (κ3) is 3.07. The standard InChI is InChI=1S/C26H36N4O4S/c31-24(25-14-19-11-18-12-20(15-25)26(19,25)13-18)28-16-21-3-1-2-6-30(21)35(32,33)22-4-5-23(27-17-22)29-7-9-34-10-8-29/h4-5,17-21H,1-3,6-16H2,(H,28,31)/t18?,19-,20?,21?,25?,26?/m1/s1. The van der Waals surface area contributed by atoms with Gasteiger partial charge in [-0.25, -0.2) is 13.4 Å². The number of morpholine rings is 1. The first-order valence-electron chi connectivity index (χ1n) is 13.5. The molecule has 2 bridgehead atoms. The molecule has 9 heteroatoms. The molecule has 1 aromatic heterocycles. The van der Waals surface area contributed by atoms with E-state index in [4.69, 9.17) is 4.74 Å². The highest BCUT2D eigenvalue weighted by molar-refractivity contribution is 7.89. The van der Waals surface area contributed by atoms with Crippen molar-refractivity contribution in [2.45, 2.75) is 62.3 Å². The monoisotopic (exact) mass is 500 g/mol. The van der Waals surface area contributed by atoms with Crippen molar-refractivity contribution in [3.63, 3.8) is 0 Å². The molecule has 6 fully saturated rings. The zero-order chi connectivity index (χ0) is 23.8. The molecular formula is C26H36N4O4S. The van der Waals surface area contributed by atoms with Crippen molar-refractivity contribution >= 4 is 21.7 Å². The summed E-state index contributed by atoms with van der Waals surface area (Å²) in [4.78, 5) is 20.3. The summed E-state index contributed by atoms with van der Waals surface area (Å²) in [6.45, 7) is 3.75. The fraction of sp³-hybridized carbons (Fsp3) is 0.769. The van der Waals surface area contributed by atoms with Crippen LogP contribution < -0.4 is 10.2 Å². The minimum absolute atomic E-state index is 0.148. The van der Waals surface area contributed by atoms with Crippen molar-refractivity contribution in [1.29, 1.82) is 0 Å². The number of aromatic nitrogens is 1. The molecule has 5 unspecified atom stereocenters. The second-order valence-corrected chi connectivity index (χ2v) is 13.8. The van der Waals surface area contributed by atoms with Gasteiger partial charge in [-0.2, -0.15) is 4.31 Å². The van der Waals surface area contributed by atoms with Gasteiger partial charge in [-0.05, 0) is 80.2 Å². The van der Waals surface area contributed by atoms with E-state index in [0.29, 0.717) is 31.7 Å². The van der Waals surface area contributed by atoms with E-state index in [1.165, 1.54) is 25.5 Å². The number of fused-ring (bicyclic) bond motifs is 1. The van der Waals surface area contributed by atoms with Crippen LogP contribution in [0.15, 0.2) is 23.2 Å². The van der Waals surface area contributed by atoms with E-state index in [0.717, 1.165) is 68.8 Å². The Balaban J connectivity index is 1.04. The first-order valence-corrected chi connectivity index (χ1v) is 15.0. The van der Waals surface area contributed by atoms with Crippen LogP contribution in [0.4, 0.5) is 5.82 Å². The molecule has 1 N–H and O–H groups in total. The van der Waals surface area contributed by atoms with Crippen LogP contribution >= 0.6 is 0 Å². The second-order valence-electron chi connectivity index (χ2n) is 11.9. The molecule has 8 nitrogen and oxygen atoms in total. The molecule has 2 saturated heterocycles. The van der Waals surface area contributed by atoms with Gasteiger partial charge in [0.2, 0.25) is 15.9 Å². The molecule has 1 aromatic rings. The fourth-order valence-electron chi connectivity index (χ4n) is 9.09. The lowest BCUT2D eigenvalue weighted by molar-refractivity contribution is -0.249. The number of ether oxygens (including phenoxy) is 1. The maximum atomic E-state index is 13.6. The largest absolute Gasteiger partial charge is 0.378 e. The van der Waals surface area contributed by atoms with Gasteiger partial charge in [0.15, 0.2) is 0 Å². The van der Waals surface area contributed by atoms with Crippen LogP contribution in [0.2, 0.25) is 0 Å². The van der Waals surface area contributed by atoms with Gasteiger partial charge < -0.3 is 15.0 Å². The van der Waals surface area contributed by atoms with E-state index in [1.54, 1.807) is 16.4 Å². The number of anilines is 1. The summed E-state index contributed by atoms with van der Waals surface area (Å²) in [5, 5.41) is 3.25. The smallest absolute Gasteiger partial charge is 0.244 e. The Morgan fingerprint density at radius 3 is 2.54 bits per heavy atom.